The number of aryl methyl sites for hydroxylation is 2. The van der Waals surface area contributed by atoms with E-state index >= 15 is 0 Å². The van der Waals surface area contributed by atoms with Gasteiger partial charge >= 0.3 is 5.97 Å². The molecule has 0 unspecified atom stereocenters. The first kappa shape index (κ1) is 14.0. The SMILES string of the molecule is CCc1cnc(-c2ccc(OC)nc2C)cc1C(=O)O. The zero-order valence-corrected chi connectivity index (χ0v) is 11.7. The molecule has 0 aliphatic carbocycles. The molecule has 2 rings (SSSR count). The largest absolute Gasteiger partial charge is 0.481 e. The van der Waals surface area contributed by atoms with Crippen LogP contribution in [0.1, 0.15) is 28.5 Å². The maximum absolute atomic E-state index is 11.3. The number of carboxylic acids is 1. The van der Waals surface area contributed by atoms with Gasteiger partial charge in [0.2, 0.25) is 5.88 Å². The number of carboxylic acid groups (broad SMARTS) is 1. The molecule has 20 heavy (non-hydrogen) atoms. The van der Waals surface area contributed by atoms with E-state index in [4.69, 9.17) is 4.74 Å². The van der Waals surface area contributed by atoms with Gasteiger partial charge in [-0.25, -0.2) is 9.78 Å². The molecule has 0 aliphatic heterocycles. The van der Waals surface area contributed by atoms with Crippen LogP contribution in [0.2, 0.25) is 0 Å². The summed E-state index contributed by atoms with van der Waals surface area (Å²) in [5.41, 5.74) is 3.16. The highest BCUT2D eigenvalue weighted by Gasteiger charge is 2.13. The van der Waals surface area contributed by atoms with Gasteiger partial charge in [0.25, 0.3) is 0 Å². The molecule has 104 valence electrons. The second kappa shape index (κ2) is 5.69. The highest BCUT2D eigenvalue weighted by atomic mass is 16.5. The third kappa shape index (κ3) is 2.61. The lowest BCUT2D eigenvalue weighted by Crippen LogP contribution is -2.04. The summed E-state index contributed by atoms with van der Waals surface area (Å²) in [7, 11) is 1.55. The van der Waals surface area contributed by atoms with Crippen molar-refractivity contribution in [2.24, 2.45) is 0 Å². The van der Waals surface area contributed by atoms with Crippen molar-refractivity contribution in [3.05, 3.63) is 41.2 Å². The first-order valence-electron chi connectivity index (χ1n) is 6.31. The third-order valence-corrected chi connectivity index (χ3v) is 3.14. The number of hydrogen-bond donors (Lipinski definition) is 1. The lowest BCUT2D eigenvalue weighted by Gasteiger charge is -2.09. The molecule has 0 radical (unpaired) electrons. The highest BCUT2D eigenvalue weighted by molar-refractivity contribution is 5.90. The van der Waals surface area contributed by atoms with Crippen molar-refractivity contribution in [3.8, 4) is 17.1 Å². The van der Waals surface area contributed by atoms with Gasteiger partial charge in [-0.3, -0.25) is 4.98 Å². The quantitative estimate of drug-likeness (QED) is 0.926. The van der Waals surface area contributed by atoms with Crippen LogP contribution in [-0.2, 0) is 6.42 Å². The van der Waals surface area contributed by atoms with Crippen molar-refractivity contribution >= 4 is 5.97 Å². The predicted octanol–water partition coefficient (Wildman–Crippen LogP) is 2.72. The topological polar surface area (TPSA) is 72.3 Å². The van der Waals surface area contributed by atoms with Crippen LogP contribution >= 0.6 is 0 Å². The van der Waals surface area contributed by atoms with Crippen molar-refractivity contribution in [3.63, 3.8) is 0 Å². The van der Waals surface area contributed by atoms with E-state index in [1.807, 2.05) is 19.9 Å². The van der Waals surface area contributed by atoms with Crippen LogP contribution in [-0.4, -0.2) is 28.2 Å². The van der Waals surface area contributed by atoms with Gasteiger partial charge in [-0.05, 0) is 31.0 Å². The number of aromatic nitrogens is 2. The number of methoxy groups -OCH3 is 1. The Morgan fingerprint density at radius 3 is 2.70 bits per heavy atom. The van der Waals surface area contributed by atoms with E-state index in [0.29, 0.717) is 18.0 Å². The summed E-state index contributed by atoms with van der Waals surface area (Å²) in [5, 5.41) is 9.26. The molecule has 0 aromatic carbocycles. The van der Waals surface area contributed by atoms with Crippen LogP contribution in [0.3, 0.4) is 0 Å². The first-order valence-corrected chi connectivity index (χ1v) is 6.31. The average molecular weight is 272 g/mol. The molecule has 5 heteroatoms. The molecule has 0 bridgehead atoms. The lowest BCUT2D eigenvalue weighted by molar-refractivity contribution is 0.0695. The zero-order chi connectivity index (χ0) is 14.7. The van der Waals surface area contributed by atoms with Gasteiger partial charge in [-0.15, -0.1) is 0 Å². The molecule has 5 nitrogen and oxygen atoms in total. The van der Waals surface area contributed by atoms with E-state index in [-0.39, 0.29) is 5.56 Å². The van der Waals surface area contributed by atoms with E-state index in [1.54, 1.807) is 25.4 Å². The molecule has 0 amide bonds. The normalized spacial score (nSPS) is 10.3. The van der Waals surface area contributed by atoms with Crippen LogP contribution in [0.5, 0.6) is 5.88 Å². The Labute approximate surface area is 117 Å². The van der Waals surface area contributed by atoms with Gasteiger partial charge < -0.3 is 9.84 Å². The van der Waals surface area contributed by atoms with E-state index in [1.165, 1.54) is 0 Å². The van der Waals surface area contributed by atoms with Gasteiger partial charge in [0, 0.05) is 17.8 Å². The minimum atomic E-state index is -0.940. The number of nitrogens with zero attached hydrogens (tertiary/aromatic N) is 2. The fourth-order valence-electron chi connectivity index (χ4n) is 2.03. The van der Waals surface area contributed by atoms with Gasteiger partial charge in [0.15, 0.2) is 0 Å². The molecule has 2 aromatic heterocycles. The highest BCUT2D eigenvalue weighted by Crippen LogP contribution is 2.24. The molecule has 2 aromatic rings. The van der Waals surface area contributed by atoms with Crippen molar-refractivity contribution in [1.29, 1.82) is 0 Å². The summed E-state index contributed by atoms with van der Waals surface area (Å²) >= 11 is 0. The molecule has 1 N–H and O–H groups in total. The Hall–Kier alpha value is -2.43. The molecular formula is C15H16N2O3. The number of hydrogen-bond acceptors (Lipinski definition) is 4. The van der Waals surface area contributed by atoms with E-state index in [0.717, 1.165) is 16.8 Å². The van der Waals surface area contributed by atoms with Gasteiger partial charge in [-0.2, -0.15) is 0 Å². The lowest BCUT2D eigenvalue weighted by atomic mass is 10.0. The molecule has 0 fully saturated rings. The van der Waals surface area contributed by atoms with Crippen LogP contribution in [0.15, 0.2) is 24.4 Å². The molecule has 0 saturated carbocycles. The van der Waals surface area contributed by atoms with Crippen LogP contribution < -0.4 is 4.74 Å². The second-order valence-electron chi connectivity index (χ2n) is 4.37. The number of pyridine rings is 2. The minimum absolute atomic E-state index is 0.285. The third-order valence-electron chi connectivity index (χ3n) is 3.14. The summed E-state index contributed by atoms with van der Waals surface area (Å²) in [4.78, 5) is 19.9. The fraction of sp³-hybridized carbons (Fsp3) is 0.267. The monoisotopic (exact) mass is 272 g/mol. The number of rotatable bonds is 4. The predicted molar refractivity (Wildman–Crippen MR) is 75.1 cm³/mol. The maximum atomic E-state index is 11.3. The zero-order valence-electron chi connectivity index (χ0n) is 11.7. The van der Waals surface area contributed by atoms with E-state index in [9.17, 15) is 9.90 Å². The van der Waals surface area contributed by atoms with Gasteiger partial charge in [0.1, 0.15) is 0 Å². The molecule has 0 saturated heterocycles. The van der Waals surface area contributed by atoms with Crippen molar-refractivity contribution < 1.29 is 14.6 Å². The van der Waals surface area contributed by atoms with Crippen molar-refractivity contribution in [2.75, 3.05) is 7.11 Å². The maximum Gasteiger partial charge on any atom is 0.336 e. The molecule has 2 heterocycles. The first-order chi connectivity index (χ1) is 9.56. The molecule has 0 atom stereocenters. The van der Waals surface area contributed by atoms with Gasteiger partial charge in [-0.1, -0.05) is 6.92 Å². The summed E-state index contributed by atoms with van der Waals surface area (Å²) in [6, 6.07) is 5.16. The second-order valence-corrected chi connectivity index (χ2v) is 4.37. The smallest absolute Gasteiger partial charge is 0.336 e. The minimum Gasteiger partial charge on any atom is -0.481 e. The molecular weight excluding hydrogens is 256 g/mol. The van der Waals surface area contributed by atoms with Crippen LogP contribution in [0.4, 0.5) is 0 Å². The Morgan fingerprint density at radius 2 is 2.15 bits per heavy atom. The molecule has 0 spiro atoms. The fourth-order valence-corrected chi connectivity index (χ4v) is 2.03. The summed E-state index contributed by atoms with van der Waals surface area (Å²) in [5.74, 6) is -0.417. The summed E-state index contributed by atoms with van der Waals surface area (Å²) < 4.78 is 5.06. The van der Waals surface area contributed by atoms with E-state index in [2.05, 4.69) is 9.97 Å². The Morgan fingerprint density at radius 1 is 1.40 bits per heavy atom. The van der Waals surface area contributed by atoms with Crippen molar-refractivity contribution in [2.45, 2.75) is 20.3 Å². The average Bonchev–Trinajstić information content (AvgIpc) is 2.46. The Bertz CT molecular complexity index is 654. The number of aromatic carboxylic acids is 1. The summed E-state index contributed by atoms with van der Waals surface area (Å²) in [6.45, 7) is 3.75. The number of ether oxygens (including phenoxy) is 1. The Kier molecular flexibility index (Phi) is 3.98. The van der Waals surface area contributed by atoms with E-state index < -0.39 is 5.97 Å². The summed E-state index contributed by atoms with van der Waals surface area (Å²) in [6.07, 6.45) is 2.25. The number of carbonyl (C=O) groups is 1. The molecule has 0 aliphatic rings. The van der Waals surface area contributed by atoms with Crippen LogP contribution in [0, 0.1) is 6.92 Å². The standard InChI is InChI=1S/C15H16N2O3/c1-4-10-8-16-13(7-12(10)15(18)19)11-5-6-14(20-3)17-9(11)2/h5-8H,4H2,1-3H3,(H,18,19). The van der Waals surface area contributed by atoms with Crippen LogP contribution in [0.25, 0.3) is 11.3 Å². The van der Waals surface area contributed by atoms with Gasteiger partial charge in [0.05, 0.1) is 24.1 Å². The van der Waals surface area contributed by atoms with Crippen molar-refractivity contribution in [1.82, 2.24) is 9.97 Å². The Balaban J connectivity index is 2.53.